The van der Waals surface area contributed by atoms with Gasteiger partial charge in [-0.15, -0.1) is 0 Å². The number of nitrogen functional groups attached to an aromatic ring is 1. The number of anilines is 3. The van der Waals surface area contributed by atoms with Crippen molar-refractivity contribution in [2.45, 2.75) is 31.2 Å². The number of ether oxygens (including phenoxy) is 1. The number of hydrogen-bond acceptors (Lipinski definition) is 7. The molecule has 10 heteroatoms. The van der Waals surface area contributed by atoms with Crippen LogP contribution in [0.3, 0.4) is 0 Å². The van der Waals surface area contributed by atoms with Crippen molar-refractivity contribution in [2.75, 3.05) is 16.4 Å². The van der Waals surface area contributed by atoms with Crippen LogP contribution in [0.5, 0.6) is 11.5 Å². The summed E-state index contributed by atoms with van der Waals surface area (Å²) in [5.74, 6) is 0.699. The van der Waals surface area contributed by atoms with E-state index >= 15 is 0 Å². The first kappa shape index (κ1) is 23.7. The van der Waals surface area contributed by atoms with Gasteiger partial charge in [-0.1, -0.05) is 41.1 Å². The Balaban J connectivity index is 1.19. The minimum atomic E-state index is -0.441. The summed E-state index contributed by atoms with van der Waals surface area (Å²) in [6, 6.07) is 15.9. The van der Waals surface area contributed by atoms with Crippen LogP contribution in [0, 0.1) is 5.92 Å². The molecule has 0 aliphatic heterocycles. The molecule has 2 amide bonds. The molecule has 1 aromatic heterocycles. The Morgan fingerprint density at radius 1 is 1.08 bits per heavy atom. The van der Waals surface area contributed by atoms with Gasteiger partial charge in [0.05, 0.1) is 26.5 Å². The fourth-order valence-corrected chi connectivity index (χ4v) is 5.47. The molecule has 0 bridgehead atoms. The molecule has 4 aromatic rings. The van der Waals surface area contributed by atoms with Crippen molar-refractivity contribution in [3.05, 3.63) is 70.7 Å². The zero-order chi connectivity index (χ0) is 25.7. The topological polar surface area (TPSA) is 132 Å². The lowest BCUT2D eigenvalue weighted by molar-refractivity contribution is -0.117. The minimum Gasteiger partial charge on any atom is -0.455 e. The van der Waals surface area contributed by atoms with Crippen molar-refractivity contribution < 1.29 is 14.3 Å². The van der Waals surface area contributed by atoms with Crippen molar-refractivity contribution in [1.82, 2.24) is 4.98 Å². The maximum absolute atomic E-state index is 13.0. The molecule has 0 radical (unpaired) electrons. The summed E-state index contributed by atoms with van der Waals surface area (Å²) in [5, 5.41) is 6.64. The lowest BCUT2D eigenvalue weighted by Gasteiger charge is -2.15. The average Bonchev–Trinajstić information content (AvgIpc) is 3.80. The first-order chi connectivity index (χ1) is 17.8. The fraction of sp³-hybridized carbons (Fsp3) is 0.222. The summed E-state index contributed by atoms with van der Waals surface area (Å²) < 4.78 is 6.78. The number of amides is 2. The Hall–Kier alpha value is -3.66. The van der Waals surface area contributed by atoms with Crippen LogP contribution in [0.25, 0.3) is 10.2 Å². The van der Waals surface area contributed by atoms with Crippen LogP contribution in [0.1, 0.15) is 41.6 Å². The molecule has 2 aliphatic rings. The van der Waals surface area contributed by atoms with Gasteiger partial charge in [-0.25, -0.2) is 4.98 Å². The number of rotatable bonds is 7. The Morgan fingerprint density at radius 2 is 1.86 bits per heavy atom. The van der Waals surface area contributed by atoms with Gasteiger partial charge in [0.2, 0.25) is 5.91 Å². The maximum Gasteiger partial charge on any atom is 0.257 e. The predicted octanol–water partition coefficient (Wildman–Crippen LogP) is 5.87. The van der Waals surface area contributed by atoms with E-state index < -0.39 is 5.54 Å². The van der Waals surface area contributed by atoms with E-state index in [9.17, 15) is 9.59 Å². The fourth-order valence-electron chi connectivity index (χ4n) is 4.15. The number of halogens is 1. The van der Waals surface area contributed by atoms with E-state index in [1.54, 1.807) is 48.5 Å². The number of carbonyl (C=O) groups is 2. The molecule has 6 N–H and O–H groups in total. The number of hydrogen-bond donors (Lipinski definition) is 4. The molecule has 3 aromatic carbocycles. The number of benzene rings is 3. The van der Waals surface area contributed by atoms with Gasteiger partial charge < -0.3 is 26.8 Å². The van der Waals surface area contributed by atoms with E-state index in [-0.39, 0.29) is 17.7 Å². The third kappa shape index (κ3) is 4.73. The second kappa shape index (κ2) is 9.02. The van der Waals surface area contributed by atoms with Gasteiger partial charge in [-0.05, 0) is 61.6 Å². The Morgan fingerprint density at radius 3 is 2.62 bits per heavy atom. The van der Waals surface area contributed by atoms with Gasteiger partial charge in [0.1, 0.15) is 5.75 Å². The number of thiazole rings is 1. The molecule has 0 saturated heterocycles. The van der Waals surface area contributed by atoms with Crippen LogP contribution in [-0.2, 0) is 10.3 Å². The summed E-state index contributed by atoms with van der Waals surface area (Å²) in [6.07, 6.45) is 3.54. The van der Waals surface area contributed by atoms with Crippen LogP contribution in [0.4, 0.5) is 16.5 Å². The number of aromatic nitrogens is 1. The molecule has 8 nitrogen and oxygen atoms in total. The Kier molecular flexibility index (Phi) is 5.78. The normalized spacial score (nSPS) is 15.8. The van der Waals surface area contributed by atoms with Crippen molar-refractivity contribution >= 4 is 61.5 Å². The highest BCUT2D eigenvalue weighted by molar-refractivity contribution is 7.23. The third-order valence-electron chi connectivity index (χ3n) is 6.62. The van der Waals surface area contributed by atoms with Crippen LogP contribution >= 0.6 is 22.9 Å². The molecule has 2 saturated carbocycles. The molecule has 6 rings (SSSR count). The third-order valence-corrected chi connectivity index (χ3v) is 8.05. The molecule has 0 unspecified atom stereocenters. The van der Waals surface area contributed by atoms with Gasteiger partial charge in [-0.3, -0.25) is 9.59 Å². The van der Waals surface area contributed by atoms with Crippen LogP contribution in [-0.4, -0.2) is 16.8 Å². The zero-order valence-electron chi connectivity index (χ0n) is 19.7. The van der Waals surface area contributed by atoms with E-state index in [0.29, 0.717) is 44.1 Å². The zero-order valence-corrected chi connectivity index (χ0v) is 21.3. The van der Waals surface area contributed by atoms with Crippen LogP contribution < -0.4 is 26.8 Å². The van der Waals surface area contributed by atoms with Gasteiger partial charge in [0.15, 0.2) is 10.9 Å². The van der Waals surface area contributed by atoms with Crippen molar-refractivity contribution in [3.8, 4) is 11.5 Å². The number of carbonyl (C=O) groups excluding carboxylic acids is 2. The molecule has 1 heterocycles. The molecular weight excluding hydrogens is 510 g/mol. The molecule has 0 atom stereocenters. The van der Waals surface area contributed by atoms with Crippen molar-refractivity contribution in [2.24, 2.45) is 11.7 Å². The average molecular weight is 534 g/mol. The second-order valence-corrected chi connectivity index (χ2v) is 10.9. The largest absolute Gasteiger partial charge is 0.455 e. The maximum atomic E-state index is 13.0. The minimum absolute atomic E-state index is 0.00366. The quantitative estimate of drug-likeness (QED) is 0.219. The van der Waals surface area contributed by atoms with Gasteiger partial charge >= 0.3 is 0 Å². The monoisotopic (exact) mass is 533 g/mol. The predicted molar refractivity (Wildman–Crippen MR) is 146 cm³/mol. The van der Waals surface area contributed by atoms with E-state index in [4.69, 9.17) is 27.8 Å². The number of nitrogens with one attached hydrogen (secondary N) is 2. The van der Waals surface area contributed by atoms with E-state index in [1.807, 2.05) is 6.07 Å². The summed E-state index contributed by atoms with van der Waals surface area (Å²) in [4.78, 5) is 29.5. The lowest BCUT2D eigenvalue weighted by Crippen LogP contribution is -2.21. The molecular formula is C27H24ClN5O3S. The van der Waals surface area contributed by atoms with Crippen LogP contribution in [0.2, 0.25) is 5.02 Å². The van der Waals surface area contributed by atoms with E-state index in [2.05, 4.69) is 15.6 Å². The van der Waals surface area contributed by atoms with Gasteiger partial charge in [-0.2, -0.15) is 0 Å². The van der Waals surface area contributed by atoms with Crippen LogP contribution in [0.15, 0.2) is 54.6 Å². The van der Waals surface area contributed by atoms with E-state index in [1.165, 1.54) is 11.3 Å². The van der Waals surface area contributed by atoms with Gasteiger partial charge in [0, 0.05) is 23.2 Å². The number of nitrogens with two attached hydrogens (primary N) is 2. The summed E-state index contributed by atoms with van der Waals surface area (Å²) in [7, 11) is 0. The first-order valence-corrected chi connectivity index (χ1v) is 13.2. The molecule has 37 heavy (non-hydrogen) atoms. The molecule has 0 spiro atoms. The molecule has 2 fully saturated rings. The Labute approximate surface area is 222 Å². The first-order valence-electron chi connectivity index (χ1n) is 12.0. The molecule has 188 valence electrons. The number of nitrogens with zero attached hydrogens (tertiary/aromatic N) is 1. The summed E-state index contributed by atoms with van der Waals surface area (Å²) in [5.41, 5.74) is 15.1. The van der Waals surface area contributed by atoms with Crippen molar-refractivity contribution in [3.63, 3.8) is 0 Å². The second-order valence-electron chi connectivity index (χ2n) is 9.52. The Bertz CT molecular complexity index is 1560. The highest BCUT2D eigenvalue weighted by Gasteiger charge is 2.42. The number of fused-ring (bicyclic) bond motifs is 1. The summed E-state index contributed by atoms with van der Waals surface area (Å²) >= 11 is 7.85. The van der Waals surface area contributed by atoms with Gasteiger partial charge in [0.25, 0.3) is 5.91 Å². The summed E-state index contributed by atoms with van der Waals surface area (Å²) in [6.45, 7) is 0. The lowest BCUT2D eigenvalue weighted by atomic mass is 10.0. The smallest absolute Gasteiger partial charge is 0.257 e. The SMILES string of the molecule is Nc1c(Oc2cccc(NC(=O)c3cccc(C4(N)CC4)c3Cl)c2)ccc2nc(NC(=O)C3CC3)sc12. The highest BCUT2D eigenvalue weighted by atomic mass is 35.5. The van der Waals surface area contributed by atoms with E-state index in [0.717, 1.165) is 35.9 Å². The van der Waals surface area contributed by atoms with Crippen molar-refractivity contribution in [1.29, 1.82) is 0 Å². The molecule has 2 aliphatic carbocycles. The highest BCUT2D eigenvalue weighted by Crippen LogP contribution is 2.46. The standard InChI is InChI=1S/C27H24ClN5O3S/c28-21-17(5-2-6-18(21)27(30)11-12-27)25(35)31-15-3-1-4-16(13-15)36-20-10-9-19-23(22(20)29)37-26(32-19)33-24(34)14-7-8-14/h1-6,9-10,13-14H,7-8,11-12,29-30H2,(H,31,35)(H,32,33,34).